The predicted molar refractivity (Wildman–Crippen MR) is 84.5 cm³/mol. The Bertz CT molecular complexity index is 447. The van der Waals surface area contributed by atoms with Crippen molar-refractivity contribution < 1.29 is 4.79 Å². The van der Waals surface area contributed by atoms with Crippen molar-refractivity contribution in [1.82, 2.24) is 9.88 Å². The lowest BCUT2D eigenvalue weighted by Gasteiger charge is -2.27. The van der Waals surface area contributed by atoms with Gasteiger partial charge in [-0.1, -0.05) is 13.8 Å². The minimum Gasteiger partial charge on any atom is -0.336 e. The molecule has 0 saturated carbocycles. The first-order valence-electron chi connectivity index (χ1n) is 8.01. The zero-order valence-corrected chi connectivity index (χ0v) is 13.2. The van der Waals surface area contributed by atoms with Crippen LogP contribution in [0, 0.1) is 11.8 Å². The van der Waals surface area contributed by atoms with E-state index in [2.05, 4.69) is 18.8 Å². The number of nitrogens with zero attached hydrogens (tertiary/aromatic N) is 2. The summed E-state index contributed by atoms with van der Waals surface area (Å²) in [5.41, 5.74) is 7.03. The topological polar surface area (TPSA) is 59.2 Å². The minimum absolute atomic E-state index is 0.220. The number of nitrogens with two attached hydrogens (primary N) is 1. The predicted octanol–water partition coefficient (Wildman–Crippen LogP) is 2.76. The molecule has 1 aliphatic rings. The lowest BCUT2D eigenvalue weighted by molar-refractivity contribution is -0.133. The number of aromatic nitrogens is 1. The number of hydrogen-bond acceptors (Lipinski definition) is 3. The standard InChI is InChI=1S/C17H27N3O/c1-13(2)10-14(12-18)11-17(21)20-9-3-4-16(20)15-5-7-19-8-6-15/h5-8,13-14,16H,3-4,9-12,18H2,1-2H3. The maximum Gasteiger partial charge on any atom is 0.223 e. The van der Waals surface area contributed by atoms with Crippen LogP contribution in [0.2, 0.25) is 0 Å². The fraction of sp³-hybridized carbons (Fsp3) is 0.647. The molecule has 2 rings (SSSR count). The van der Waals surface area contributed by atoms with Gasteiger partial charge in [0.25, 0.3) is 0 Å². The van der Waals surface area contributed by atoms with Crippen LogP contribution in [-0.2, 0) is 4.79 Å². The lowest BCUT2D eigenvalue weighted by atomic mass is 9.93. The quantitative estimate of drug-likeness (QED) is 0.876. The van der Waals surface area contributed by atoms with Gasteiger partial charge in [-0.3, -0.25) is 9.78 Å². The highest BCUT2D eigenvalue weighted by atomic mass is 16.2. The van der Waals surface area contributed by atoms with Crippen molar-refractivity contribution in [3.63, 3.8) is 0 Å². The molecule has 21 heavy (non-hydrogen) atoms. The SMILES string of the molecule is CC(C)CC(CN)CC(=O)N1CCCC1c1ccncc1. The molecule has 1 aromatic rings. The van der Waals surface area contributed by atoms with Crippen molar-refractivity contribution in [2.24, 2.45) is 17.6 Å². The summed E-state index contributed by atoms with van der Waals surface area (Å²) >= 11 is 0. The first kappa shape index (κ1) is 16.0. The molecule has 0 bridgehead atoms. The zero-order chi connectivity index (χ0) is 15.2. The molecule has 0 aliphatic carbocycles. The van der Waals surface area contributed by atoms with Crippen molar-refractivity contribution in [1.29, 1.82) is 0 Å². The van der Waals surface area contributed by atoms with Crippen LogP contribution in [0.25, 0.3) is 0 Å². The first-order valence-corrected chi connectivity index (χ1v) is 8.01. The van der Waals surface area contributed by atoms with Crippen molar-refractivity contribution in [2.45, 2.75) is 45.6 Å². The molecule has 0 spiro atoms. The molecule has 2 atom stereocenters. The highest BCUT2D eigenvalue weighted by Gasteiger charge is 2.30. The van der Waals surface area contributed by atoms with Gasteiger partial charge in [0.2, 0.25) is 5.91 Å². The van der Waals surface area contributed by atoms with Crippen LogP contribution in [0.3, 0.4) is 0 Å². The normalized spacial score (nSPS) is 20.0. The molecule has 1 saturated heterocycles. The van der Waals surface area contributed by atoms with Gasteiger partial charge in [-0.25, -0.2) is 0 Å². The fourth-order valence-corrected chi connectivity index (χ4v) is 3.29. The molecule has 2 unspecified atom stereocenters. The number of rotatable bonds is 6. The molecule has 1 aliphatic heterocycles. The van der Waals surface area contributed by atoms with E-state index in [0.717, 1.165) is 25.8 Å². The van der Waals surface area contributed by atoms with Gasteiger partial charge in [-0.15, -0.1) is 0 Å². The minimum atomic E-state index is 0.220. The number of amides is 1. The lowest BCUT2D eigenvalue weighted by Crippen LogP contribution is -2.33. The molecular formula is C17H27N3O. The Hall–Kier alpha value is -1.42. The third-order valence-corrected chi connectivity index (χ3v) is 4.27. The van der Waals surface area contributed by atoms with Gasteiger partial charge < -0.3 is 10.6 Å². The van der Waals surface area contributed by atoms with Gasteiger partial charge in [-0.05, 0) is 55.3 Å². The number of hydrogen-bond donors (Lipinski definition) is 1. The second kappa shape index (κ2) is 7.55. The Morgan fingerprint density at radius 3 is 2.76 bits per heavy atom. The molecule has 2 heterocycles. The average Bonchev–Trinajstić information content (AvgIpc) is 2.96. The van der Waals surface area contributed by atoms with Crippen LogP contribution in [-0.4, -0.2) is 28.9 Å². The average molecular weight is 289 g/mol. The number of carbonyl (C=O) groups is 1. The van der Waals surface area contributed by atoms with E-state index in [9.17, 15) is 4.79 Å². The van der Waals surface area contributed by atoms with Crippen LogP contribution in [0.5, 0.6) is 0 Å². The van der Waals surface area contributed by atoms with E-state index in [1.165, 1.54) is 5.56 Å². The summed E-state index contributed by atoms with van der Waals surface area (Å²) in [6.07, 6.45) is 7.34. The molecule has 0 aromatic carbocycles. The summed E-state index contributed by atoms with van der Waals surface area (Å²) < 4.78 is 0. The summed E-state index contributed by atoms with van der Waals surface area (Å²) in [4.78, 5) is 18.7. The fourth-order valence-electron chi connectivity index (χ4n) is 3.29. The zero-order valence-electron chi connectivity index (χ0n) is 13.2. The van der Waals surface area contributed by atoms with Crippen molar-refractivity contribution >= 4 is 5.91 Å². The maximum atomic E-state index is 12.6. The molecule has 4 heteroatoms. The van der Waals surface area contributed by atoms with Crippen LogP contribution in [0.15, 0.2) is 24.5 Å². The summed E-state index contributed by atoms with van der Waals surface area (Å²) in [5.74, 6) is 1.14. The second-order valence-corrected chi connectivity index (χ2v) is 6.46. The molecule has 1 aromatic heterocycles. The first-order chi connectivity index (χ1) is 10.1. The Kier molecular flexibility index (Phi) is 5.74. The van der Waals surface area contributed by atoms with E-state index in [0.29, 0.717) is 24.8 Å². The van der Waals surface area contributed by atoms with Crippen LogP contribution in [0.4, 0.5) is 0 Å². The van der Waals surface area contributed by atoms with Crippen molar-refractivity contribution in [3.8, 4) is 0 Å². The van der Waals surface area contributed by atoms with Gasteiger partial charge in [0.05, 0.1) is 6.04 Å². The molecule has 116 valence electrons. The Balaban J connectivity index is 2.00. The van der Waals surface area contributed by atoms with Gasteiger partial charge in [-0.2, -0.15) is 0 Å². The largest absolute Gasteiger partial charge is 0.336 e. The highest BCUT2D eigenvalue weighted by molar-refractivity contribution is 5.77. The van der Waals surface area contributed by atoms with E-state index < -0.39 is 0 Å². The highest BCUT2D eigenvalue weighted by Crippen LogP contribution is 2.32. The number of pyridine rings is 1. The Morgan fingerprint density at radius 1 is 1.43 bits per heavy atom. The van der Waals surface area contributed by atoms with Gasteiger partial charge in [0, 0.05) is 25.4 Å². The number of likely N-dealkylation sites (tertiary alicyclic amines) is 1. The van der Waals surface area contributed by atoms with Crippen molar-refractivity contribution in [2.75, 3.05) is 13.1 Å². The van der Waals surface area contributed by atoms with E-state index in [1.54, 1.807) is 12.4 Å². The third kappa shape index (κ3) is 4.27. The maximum absolute atomic E-state index is 12.6. The Labute approximate surface area is 127 Å². The molecule has 1 amide bonds. The van der Waals surface area contributed by atoms with Gasteiger partial charge in [0.15, 0.2) is 0 Å². The summed E-state index contributed by atoms with van der Waals surface area (Å²) in [5, 5.41) is 0. The van der Waals surface area contributed by atoms with Crippen LogP contribution >= 0.6 is 0 Å². The monoisotopic (exact) mass is 289 g/mol. The third-order valence-electron chi connectivity index (χ3n) is 4.27. The molecule has 2 N–H and O–H groups in total. The smallest absolute Gasteiger partial charge is 0.223 e. The molecule has 1 fully saturated rings. The Morgan fingerprint density at radius 2 is 2.14 bits per heavy atom. The van der Waals surface area contributed by atoms with Gasteiger partial charge in [0.1, 0.15) is 0 Å². The van der Waals surface area contributed by atoms with E-state index in [1.807, 2.05) is 17.0 Å². The second-order valence-electron chi connectivity index (χ2n) is 6.46. The van der Waals surface area contributed by atoms with E-state index in [-0.39, 0.29) is 11.9 Å². The molecule has 0 radical (unpaired) electrons. The van der Waals surface area contributed by atoms with Crippen LogP contribution < -0.4 is 5.73 Å². The summed E-state index contributed by atoms with van der Waals surface area (Å²) in [6, 6.07) is 4.26. The summed E-state index contributed by atoms with van der Waals surface area (Å²) in [7, 11) is 0. The molecular weight excluding hydrogens is 262 g/mol. The summed E-state index contributed by atoms with van der Waals surface area (Å²) in [6.45, 7) is 5.83. The van der Waals surface area contributed by atoms with E-state index in [4.69, 9.17) is 5.73 Å². The van der Waals surface area contributed by atoms with E-state index >= 15 is 0 Å². The van der Waals surface area contributed by atoms with Crippen molar-refractivity contribution in [3.05, 3.63) is 30.1 Å². The molecule has 4 nitrogen and oxygen atoms in total. The van der Waals surface area contributed by atoms with Gasteiger partial charge >= 0.3 is 0 Å². The van der Waals surface area contributed by atoms with Crippen LogP contribution in [0.1, 0.15) is 51.1 Å². The number of carbonyl (C=O) groups excluding carboxylic acids is 1.